The van der Waals surface area contributed by atoms with E-state index in [0.717, 1.165) is 15.6 Å². The molecule has 0 aromatic heterocycles. The van der Waals surface area contributed by atoms with Gasteiger partial charge < -0.3 is 5.32 Å². The maximum absolute atomic E-state index is 11.7. The van der Waals surface area contributed by atoms with Crippen LogP contribution in [-0.2, 0) is 16.1 Å². The Morgan fingerprint density at radius 2 is 2.17 bits per heavy atom. The molecule has 1 unspecified atom stereocenters. The third kappa shape index (κ3) is 2.62. The van der Waals surface area contributed by atoms with Crippen molar-refractivity contribution < 1.29 is 9.59 Å². The first-order chi connectivity index (χ1) is 8.49. The van der Waals surface area contributed by atoms with Crippen LogP contribution in [0.15, 0.2) is 22.7 Å². The van der Waals surface area contributed by atoms with Gasteiger partial charge in [-0.2, -0.15) is 0 Å². The number of hydrogen-bond acceptors (Lipinski definition) is 3. The molecule has 1 saturated heterocycles. The summed E-state index contributed by atoms with van der Waals surface area (Å²) in [6.07, 6.45) is 0.255. The zero-order chi connectivity index (χ0) is 13.3. The Morgan fingerprint density at radius 3 is 2.72 bits per heavy atom. The number of imide groups is 1. The van der Waals surface area contributed by atoms with E-state index in [4.69, 9.17) is 0 Å². The molecule has 1 atom stereocenters. The smallest absolute Gasteiger partial charge is 0.246 e. The molecule has 1 aliphatic heterocycles. The number of halogens is 1. The zero-order valence-corrected chi connectivity index (χ0v) is 12.0. The number of nitrogens with zero attached hydrogens (tertiary/aromatic N) is 1. The fraction of sp³-hybridized carbons (Fsp3) is 0.385. The molecule has 1 heterocycles. The van der Waals surface area contributed by atoms with Crippen LogP contribution >= 0.6 is 15.9 Å². The average molecular weight is 311 g/mol. The summed E-state index contributed by atoms with van der Waals surface area (Å²) in [6, 6.07) is 5.66. The fourth-order valence-electron chi connectivity index (χ4n) is 1.97. The highest BCUT2D eigenvalue weighted by molar-refractivity contribution is 9.10. The van der Waals surface area contributed by atoms with Gasteiger partial charge in [-0.05, 0) is 24.1 Å². The SMILES string of the molecule is Cc1cc(CNC2CC(=O)N(C)C2=O)ccc1Br. The van der Waals surface area contributed by atoms with Gasteiger partial charge in [0.25, 0.3) is 0 Å². The number of carbonyl (C=O) groups is 2. The number of likely N-dealkylation sites (tertiary alicyclic amines) is 1. The Morgan fingerprint density at radius 1 is 1.44 bits per heavy atom. The lowest BCUT2D eigenvalue weighted by molar-refractivity contribution is -0.137. The molecule has 1 aromatic rings. The number of amides is 2. The molecule has 1 aromatic carbocycles. The van der Waals surface area contributed by atoms with E-state index in [1.165, 1.54) is 11.9 Å². The maximum Gasteiger partial charge on any atom is 0.246 e. The van der Waals surface area contributed by atoms with Crippen molar-refractivity contribution in [3.63, 3.8) is 0 Å². The van der Waals surface area contributed by atoms with Crippen LogP contribution in [0.4, 0.5) is 0 Å². The number of aryl methyl sites for hydroxylation is 1. The molecule has 18 heavy (non-hydrogen) atoms. The number of hydrogen-bond donors (Lipinski definition) is 1. The van der Waals surface area contributed by atoms with E-state index in [2.05, 4.69) is 27.3 Å². The molecule has 4 nitrogen and oxygen atoms in total. The van der Waals surface area contributed by atoms with Gasteiger partial charge in [0.2, 0.25) is 11.8 Å². The van der Waals surface area contributed by atoms with E-state index in [1.54, 1.807) is 0 Å². The molecule has 96 valence electrons. The second kappa shape index (κ2) is 5.20. The van der Waals surface area contributed by atoms with Gasteiger partial charge in [-0.25, -0.2) is 0 Å². The molecule has 1 aliphatic rings. The van der Waals surface area contributed by atoms with Gasteiger partial charge in [-0.3, -0.25) is 14.5 Å². The summed E-state index contributed by atoms with van der Waals surface area (Å²) >= 11 is 3.45. The summed E-state index contributed by atoms with van der Waals surface area (Å²) in [5, 5.41) is 3.13. The molecular formula is C13H15BrN2O2. The Bertz CT molecular complexity index is 502. The first-order valence-electron chi connectivity index (χ1n) is 5.78. The average Bonchev–Trinajstić information content (AvgIpc) is 2.58. The number of likely N-dealkylation sites (N-methyl/N-ethyl adjacent to an activating group) is 1. The molecule has 5 heteroatoms. The zero-order valence-electron chi connectivity index (χ0n) is 10.4. The topological polar surface area (TPSA) is 49.4 Å². The molecule has 1 fully saturated rings. The van der Waals surface area contributed by atoms with Gasteiger partial charge in [-0.15, -0.1) is 0 Å². The molecule has 0 spiro atoms. The van der Waals surface area contributed by atoms with Crippen LogP contribution in [-0.4, -0.2) is 29.8 Å². The first kappa shape index (κ1) is 13.2. The van der Waals surface area contributed by atoms with Crippen molar-refractivity contribution in [2.45, 2.75) is 25.9 Å². The van der Waals surface area contributed by atoms with E-state index in [0.29, 0.717) is 6.54 Å². The third-order valence-corrected chi connectivity index (χ3v) is 4.05. The Balaban J connectivity index is 1.98. The predicted molar refractivity (Wildman–Crippen MR) is 71.9 cm³/mol. The molecule has 0 aliphatic carbocycles. The summed E-state index contributed by atoms with van der Waals surface area (Å²) in [4.78, 5) is 24.2. The summed E-state index contributed by atoms with van der Waals surface area (Å²) < 4.78 is 1.07. The quantitative estimate of drug-likeness (QED) is 0.863. The summed E-state index contributed by atoms with van der Waals surface area (Å²) in [5.74, 6) is -0.265. The number of rotatable bonds is 3. The van der Waals surface area contributed by atoms with Gasteiger partial charge in [0, 0.05) is 18.1 Å². The lowest BCUT2D eigenvalue weighted by atomic mass is 10.1. The molecule has 2 rings (SSSR count). The van der Waals surface area contributed by atoms with Crippen LogP contribution in [0.5, 0.6) is 0 Å². The van der Waals surface area contributed by atoms with Crippen molar-refractivity contribution >= 4 is 27.7 Å². The second-order valence-electron chi connectivity index (χ2n) is 4.51. The Labute approximate surface area is 114 Å². The van der Waals surface area contributed by atoms with E-state index in [1.807, 2.05) is 19.1 Å². The van der Waals surface area contributed by atoms with Crippen LogP contribution in [0.3, 0.4) is 0 Å². The van der Waals surface area contributed by atoms with Crippen molar-refractivity contribution in [1.29, 1.82) is 0 Å². The van der Waals surface area contributed by atoms with Crippen molar-refractivity contribution in [3.05, 3.63) is 33.8 Å². The maximum atomic E-state index is 11.7. The monoisotopic (exact) mass is 310 g/mol. The highest BCUT2D eigenvalue weighted by Gasteiger charge is 2.35. The van der Waals surface area contributed by atoms with Crippen LogP contribution in [0.1, 0.15) is 17.5 Å². The van der Waals surface area contributed by atoms with Gasteiger partial charge in [0.1, 0.15) is 0 Å². The van der Waals surface area contributed by atoms with E-state index < -0.39 is 0 Å². The van der Waals surface area contributed by atoms with Gasteiger partial charge in [-0.1, -0.05) is 28.1 Å². The molecule has 0 bridgehead atoms. The third-order valence-electron chi connectivity index (χ3n) is 3.16. The number of benzene rings is 1. The normalized spacial score (nSPS) is 19.7. The number of carbonyl (C=O) groups excluding carboxylic acids is 2. The van der Waals surface area contributed by atoms with Crippen LogP contribution in [0, 0.1) is 6.92 Å². The van der Waals surface area contributed by atoms with Crippen molar-refractivity contribution in [2.24, 2.45) is 0 Å². The lowest BCUT2D eigenvalue weighted by Gasteiger charge is -2.11. The highest BCUT2D eigenvalue weighted by Crippen LogP contribution is 2.17. The van der Waals surface area contributed by atoms with Gasteiger partial charge in [0.05, 0.1) is 12.5 Å². The largest absolute Gasteiger partial charge is 0.301 e. The standard InChI is InChI=1S/C13H15BrN2O2/c1-8-5-9(3-4-10(8)14)7-15-11-6-12(17)16(2)13(11)18/h3-5,11,15H,6-7H2,1-2H3. The van der Waals surface area contributed by atoms with Crippen LogP contribution < -0.4 is 5.32 Å². The van der Waals surface area contributed by atoms with E-state index >= 15 is 0 Å². The van der Waals surface area contributed by atoms with E-state index in [9.17, 15) is 9.59 Å². The van der Waals surface area contributed by atoms with Crippen molar-refractivity contribution in [3.8, 4) is 0 Å². The minimum Gasteiger partial charge on any atom is -0.301 e. The molecular weight excluding hydrogens is 296 g/mol. The lowest BCUT2D eigenvalue weighted by Crippen LogP contribution is -2.36. The van der Waals surface area contributed by atoms with Crippen LogP contribution in [0.25, 0.3) is 0 Å². The molecule has 0 saturated carbocycles. The fourth-order valence-corrected chi connectivity index (χ4v) is 2.22. The molecule has 2 amide bonds. The molecule has 1 N–H and O–H groups in total. The minimum atomic E-state index is -0.383. The highest BCUT2D eigenvalue weighted by atomic mass is 79.9. The summed E-state index contributed by atoms with van der Waals surface area (Å²) in [5.41, 5.74) is 2.26. The van der Waals surface area contributed by atoms with Crippen molar-refractivity contribution in [2.75, 3.05) is 7.05 Å². The summed E-state index contributed by atoms with van der Waals surface area (Å²) in [6.45, 7) is 2.61. The minimum absolute atomic E-state index is 0.121. The van der Waals surface area contributed by atoms with E-state index in [-0.39, 0.29) is 24.3 Å². The van der Waals surface area contributed by atoms with Gasteiger partial charge >= 0.3 is 0 Å². The van der Waals surface area contributed by atoms with Gasteiger partial charge in [0.15, 0.2) is 0 Å². The molecule has 0 radical (unpaired) electrons. The Hall–Kier alpha value is -1.20. The van der Waals surface area contributed by atoms with Crippen LogP contribution in [0.2, 0.25) is 0 Å². The van der Waals surface area contributed by atoms with Crippen molar-refractivity contribution in [1.82, 2.24) is 10.2 Å². The summed E-state index contributed by atoms with van der Waals surface area (Å²) in [7, 11) is 1.52. The predicted octanol–water partition coefficient (Wildman–Crippen LogP) is 1.60. The Kier molecular flexibility index (Phi) is 3.82. The first-order valence-corrected chi connectivity index (χ1v) is 6.57. The second-order valence-corrected chi connectivity index (χ2v) is 5.37. The number of nitrogens with one attached hydrogen (secondary N) is 1.